The fourth-order valence-corrected chi connectivity index (χ4v) is 4.51. The van der Waals surface area contributed by atoms with Gasteiger partial charge < -0.3 is 24.9 Å². The summed E-state index contributed by atoms with van der Waals surface area (Å²) in [7, 11) is 0. The lowest BCUT2D eigenvalue weighted by molar-refractivity contribution is 0.535. The van der Waals surface area contributed by atoms with Crippen LogP contribution >= 0.6 is 0 Å². The van der Waals surface area contributed by atoms with E-state index >= 15 is 0 Å². The minimum absolute atomic E-state index is 0.000330. The molecular weight excluding hydrogens is 440 g/mol. The smallest absolute Gasteiger partial charge is 0.230 e. The first-order valence-electron chi connectivity index (χ1n) is 12.0. The average Bonchev–Trinajstić information content (AvgIpc) is 2.89. The van der Waals surface area contributed by atoms with Crippen LogP contribution in [-0.2, 0) is 0 Å². The van der Waals surface area contributed by atoms with Gasteiger partial charge in [-0.15, -0.1) is 0 Å². The maximum atomic E-state index is 8.52. The molecule has 35 heavy (non-hydrogen) atoms. The number of hydrogen-bond acceptors (Lipinski definition) is 9. The van der Waals surface area contributed by atoms with E-state index in [-0.39, 0.29) is 11.5 Å². The monoisotopic (exact) mass is 470 g/mol. The highest BCUT2D eigenvalue weighted by Gasteiger charge is 2.21. The third kappa shape index (κ3) is 4.62. The van der Waals surface area contributed by atoms with Crippen LogP contribution in [0.2, 0.25) is 0 Å². The highest BCUT2D eigenvalue weighted by molar-refractivity contribution is 5.83. The van der Waals surface area contributed by atoms with Crippen molar-refractivity contribution in [1.29, 1.82) is 5.41 Å². The third-order valence-corrected chi connectivity index (χ3v) is 6.45. The van der Waals surface area contributed by atoms with Crippen LogP contribution in [0.4, 0.5) is 23.3 Å². The number of para-hydroxylation sites is 1. The summed E-state index contributed by atoms with van der Waals surface area (Å²) in [5.74, 6) is 1.00. The van der Waals surface area contributed by atoms with Crippen molar-refractivity contribution in [3.05, 3.63) is 60.2 Å². The van der Waals surface area contributed by atoms with Crippen LogP contribution in [-0.4, -0.2) is 54.2 Å². The predicted octanol–water partition coefficient (Wildman–Crippen LogP) is 3.52. The molecule has 0 amide bonds. The van der Waals surface area contributed by atoms with Crippen LogP contribution in [0.1, 0.15) is 13.8 Å². The Balaban J connectivity index is 1.42. The van der Waals surface area contributed by atoms with Gasteiger partial charge in [0.1, 0.15) is 5.58 Å². The minimum Gasteiger partial charge on any atom is -0.438 e. The number of rotatable bonds is 6. The van der Waals surface area contributed by atoms with Crippen molar-refractivity contribution in [2.24, 2.45) is 0 Å². The second-order valence-electron chi connectivity index (χ2n) is 8.51. The van der Waals surface area contributed by atoms with E-state index in [2.05, 4.69) is 73.8 Å². The number of nitrogens with zero attached hydrogens (tertiary/aromatic N) is 6. The Bertz CT molecular complexity index is 1380. The van der Waals surface area contributed by atoms with Crippen LogP contribution in [0.5, 0.6) is 0 Å². The Kier molecular flexibility index (Phi) is 6.22. The quantitative estimate of drug-likeness (QED) is 0.440. The van der Waals surface area contributed by atoms with Gasteiger partial charge in [0.25, 0.3) is 0 Å². The summed E-state index contributed by atoms with van der Waals surface area (Å²) in [5, 5.41) is 9.40. The Labute approximate surface area is 204 Å². The van der Waals surface area contributed by atoms with Gasteiger partial charge in [-0.05, 0) is 44.2 Å². The zero-order valence-electron chi connectivity index (χ0n) is 20.1. The van der Waals surface area contributed by atoms with E-state index in [9.17, 15) is 0 Å². The van der Waals surface area contributed by atoms with Gasteiger partial charge in [-0.3, -0.25) is 5.41 Å². The number of aromatic nitrogens is 3. The number of nitrogens with two attached hydrogens (primary N) is 1. The number of fused-ring (bicyclic) bond motifs is 1. The van der Waals surface area contributed by atoms with E-state index in [1.54, 1.807) is 0 Å². The van der Waals surface area contributed by atoms with Gasteiger partial charge in [0.2, 0.25) is 17.5 Å². The molecule has 5 rings (SSSR count). The number of piperazine rings is 1. The van der Waals surface area contributed by atoms with Gasteiger partial charge in [-0.1, -0.05) is 18.2 Å². The summed E-state index contributed by atoms with van der Waals surface area (Å²) in [5.41, 5.74) is 9.50. The molecule has 9 nitrogen and oxygen atoms in total. The molecule has 1 fully saturated rings. The number of nitrogen functional groups attached to an aromatic ring is 1. The van der Waals surface area contributed by atoms with Crippen molar-refractivity contribution in [3.63, 3.8) is 0 Å². The third-order valence-electron chi connectivity index (χ3n) is 6.45. The van der Waals surface area contributed by atoms with Crippen LogP contribution < -0.4 is 26.0 Å². The maximum absolute atomic E-state index is 8.52. The lowest BCUT2D eigenvalue weighted by Gasteiger charge is -2.36. The lowest BCUT2D eigenvalue weighted by atomic mass is 10.1. The van der Waals surface area contributed by atoms with Crippen LogP contribution in [0.25, 0.3) is 22.4 Å². The van der Waals surface area contributed by atoms with Gasteiger partial charge in [0.15, 0.2) is 5.82 Å². The van der Waals surface area contributed by atoms with Crippen molar-refractivity contribution in [1.82, 2.24) is 15.0 Å². The minimum atomic E-state index is -0.000330. The molecule has 1 aliphatic heterocycles. The summed E-state index contributed by atoms with van der Waals surface area (Å²) < 4.78 is 5.89. The summed E-state index contributed by atoms with van der Waals surface area (Å²) in [4.78, 5) is 20.1. The lowest BCUT2D eigenvalue weighted by Crippen LogP contribution is -2.47. The zero-order chi connectivity index (χ0) is 24.4. The highest BCUT2D eigenvalue weighted by Crippen LogP contribution is 2.25. The first-order valence-corrected chi connectivity index (χ1v) is 12.0. The van der Waals surface area contributed by atoms with E-state index in [1.807, 2.05) is 24.3 Å². The summed E-state index contributed by atoms with van der Waals surface area (Å²) in [6, 6.07) is 18.3. The standard InChI is InChI=1S/C26H30N8O/c1-3-32(4-2)20-11-10-18-16-21(23(27)35-22(18)17-20)24-29-25(28)31-26(30-24)34-14-12-33(13-15-34)19-8-6-5-7-9-19/h5-11,16-17,27H,3-4,12-15H2,1-2H3,(H2,28,29,30,31). The van der Waals surface area contributed by atoms with Crippen molar-refractivity contribution in [2.75, 3.05) is 59.7 Å². The molecular formula is C26H30N8O. The van der Waals surface area contributed by atoms with Crippen molar-refractivity contribution in [2.45, 2.75) is 13.8 Å². The molecule has 1 saturated heterocycles. The van der Waals surface area contributed by atoms with Crippen molar-refractivity contribution < 1.29 is 4.42 Å². The fraction of sp³-hybridized carbons (Fsp3) is 0.308. The topological polar surface area (TPSA) is 111 Å². The molecule has 0 spiro atoms. The van der Waals surface area contributed by atoms with E-state index in [0.717, 1.165) is 50.3 Å². The normalized spacial score (nSPS) is 13.9. The maximum Gasteiger partial charge on any atom is 0.230 e. The van der Waals surface area contributed by atoms with E-state index in [0.29, 0.717) is 22.9 Å². The molecule has 180 valence electrons. The second kappa shape index (κ2) is 9.61. The molecule has 2 aromatic heterocycles. The van der Waals surface area contributed by atoms with Crippen LogP contribution in [0.15, 0.2) is 59.0 Å². The first kappa shape index (κ1) is 22.6. The van der Waals surface area contributed by atoms with Crippen molar-refractivity contribution >= 4 is 34.2 Å². The largest absolute Gasteiger partial charge is 0.438 e. The van der Waals surface area contributed by atoms with Gasteiger partial charge in [0, 0.05) is 62.1 Å². The molecule has 0 saturated carbocycles. The van der Waals surface area contributed by atoms with Gasteiger partial charge in [0.05, 0.1) is 5.56 Å². The number of anilines is 4. The van der Waals surface area contributed by atoms with E-state index in [1.165, 1.54) is 5.69 Å². The Morgan fingerprint density at radius 1 is 0.914 bits per heavy atom. The molecule has 0 atom stereocenters. The molecule has 0 unspecified atom stereocenters. The van der Waals surface area contributed by atoms with Crippen LogP contribution in [0.3, 0.4) is 0 Å². The Morgan fingerprint density at radius 3 is 2.34 bits per heavy atom. The Hall–Kier alpha value is -4.14. The van der Waals surface area contributed by atoms with E-state index in [4.69, 9.17) is 15.6 Å². The van der Waals surface area contributed by atoms with Gasteiger partial charge in [-0.25, -0.2) is 0 Å². The number of benzene rings is 2. The molecule has 0 radical (unpaired) electrons. The SMILES string of the molecule is CCN(CC)c1ccc2cc(-c3nc(N)nc(N4CCN(c5ccccc5)CC4)n3)c(=N)oc2c1. The number of hydrogen-bond donors (Lipinski definition) is 2. The molecule has 3 heterocycles. The summed E-state index contributed by atoms with van der Waals surface area (Å²) >= 11 is 0. The first-order chi connectivity index (χ1) is 17.1. The predicted molar refractivity (Wildman–Crippen MR) is 140 cm³/mol. The molecule has 0 bridgehead atoms. The van der Waals surface area contributed by atoms with E-state index < -0.39 is 0 Å². The average molecular weight is 471 g/mol. The van der Waals surface area contributed by atoms with Crippen molar-refractivity contribution in [3.8, 4) is 11.4 Å². The molecule has 2 aromatic carbocycles. The molecule has 0 aliphatic carbocycles. The number of nitrogens with one attached hydrogen (secondary N) is 1. The summed E-state index contributed by atoms with van der Waals surface area (Å²) in [6.07, 6.45) is 0. The zero-order valence-corrected chi connectivity index (χ0v) is 20.1. The highest BCUT2D eigenvalue weighted by atomic mass is 16.3. The van der Waals surface area contributed by atoms with Gasteiger partial charge in [-0.2, -0.15) is 15.0 Å². The fourth-order valence-electron chi connectivity index (χ4n) is 4.51. The Morgan fingerprint density at radius 2 is 1.63 bits per heavy atom. The molecule has 3 N–H and O–H groups in total. The van der Waals surface area contributed by atoms with Gasteiger partial charge >= 0.3 is 0 Å². The summed E-state index contributed by atoms with van der Waals surface area (Å²) in [6.45, 7) is 9.29. The molecule has 9 heteroatoms. The molecule has 4 aromatic rings. The van der Waals surface area contributed by atoms with Crippen LogP contribution in [0, 0.1) is 5.41 Å². The molecule has 1 aliphatic rings. The second-order valence-corrected chi connectivity index (χ2v) is 8.51.